The van der Waals surface area contributed by atoms with E-state index in [0.717, 1.165) is 6.26 Å². The van der Waals surface area contributed by atoms with Crippen molar-refractivity contribution < 1.29 is 17.9 Å². The molecular weight excluding hydrogens is 328 g/mol. The second kappa shape index (κ2) is 7.30. The molecule has 0 saturated heterocycles. The topological polar surface area (TPSA) is 84.5 Å². The van der Waals surface area contributed by atoms with E-state index in [9.17, 15) is 13.2 Å². The molecule has 8 heteroatoms. The Hall–Kier alpha value is -1.31. The molecule has 1 unspecified atom stereocenters. The van der Waals surface area contributed by atoms with Crippen LogP contribution in [0, 0.1) is 0 Å². The molecule has 0 aliphatic rings. The van der Waals surface area contributed by atoms with Crippen LogP contribution in [0.4, 0.5) is 4.79 Å². The summed E-state index contributed by atoms with van der Waals surface area (Å²) in [5.74, 6) is 0. The predicted octanol–water partition coefficient (Wildman–Crippen LogP) is 2.46. The third-order valence-corrected chi connectivity index (χ3v) is 3.42. The molecular formula is C14H21ClN2O4S. The highest BCUT2D eigenvalue weighted by atomic mass is 35.5. The quantitative estimate of drug-likeness (QED) is 0.856. The third kappa shape index (κ3) is 7.63. The van der Waals surface area contributed by atoms with Crippen molar-refractivity contribution in [2.45, 2.75) is 32.4 Å². The molecule has 1 amide bonds. The molecule has 0 fully saturated rings. The number of carbonyl (C=O) groups excluding carboxylic acids is 1. The largest absolute Gasteiger partial charge is 0.444 e. The van der Waals surface area contributed by atoms with Crippen molar-refractivity contribution >= 4 is 27.7 Å². The molecule has 1 rings (SSSR count). The zero-order valence-corrected chi connectivity index (χ0v) is 14.6. The summed E-state index contributed by atoms with van der Waals surface area (Å²) in [5, 5.41) is 3.14. The number of hydrogen-bond donors (Lipinski definition) is 2. The molecule has 1 aromatic carbocycles. The fourth-order valence-corrected chi connectivity index (χ4v) is 2.33. The summed E-state index contributed by atoms with van der Waals surface area (Å²) in [4.78, 5) is 11.9. The molecule has 1 aromatic rings. The standard InChI is InChI=1S/C14H21ClN2O4S/c1-14(2,3)21-13(18)17-12(9-16-22(4,19)20)10-6-5-7-11(15)8-10/h5-8,12,16H,9H2,1-4H3,(H,17,18). The van der Waals surface area contributed by atoms with E-state index in [2.05, 4.69) is 10.0 Å². The fourth-order valence-electron chi connectivity index (χ4n) is 1.66. The van der Waals surface area contributed by atoms with E-state index in [1.165, 1.54) is 0 Å². The first-order valence-corrected chi connectivity index (χ1v) is 8.93. The van der Waals surface area contributed by atoms with Crippen LogP contribution < -0.4 is 10.0 Å². The number of ether oxygens (including phenoxy) is 1. The van der Waals surface area contributed by atoms with Gasteiger partial charge in [-0.2, -0.15) is 0 Å². The second-order valence-corrected chi connectivity index (χ2v) is 8.14. The maximum atomic E-state index is 11.9. The van der Waals surface area contributed by atoms with Crippen molar-refractivity contribution in [3.8, 4) is 0 Å². The normalized spacial score (nSPS) is 13.5. The highest BCUT2D eigenvalue weighted by Crippen LogP contribution is 2.18. The van der Waals surface area contributed by atoms with Crippen LogP contribution >= 0.6 is 11.6 Å². The molecule has 0 aliphatic heterocycles. The van der Waals surface area contributed by atoms with Crippen LogP contribution in [-0.2, 0) is 14.8 Å². The van der Waals surface area contributed by atoms with E-state index in [1.807, 2.05) is 0 Å². The molecule has 1 atom stereocenters. The highest BCUT2D eigenvalue weighted by molar-refractivity contribution is 7.88. The second-order valence-electron chi connectivity index (χ2n) is 5.87. The van der Waals surface area contributed by atoms with Gasteiger partial charge in [0.25, 0.3) is 0 Å². The Morgan fingerprint density at radius 3 is 2.50 bits per heavy atom. The molecule has 124 valence electrons. The van der Waals surface area contributed by atoms with Crippen LogP contribution in [0.3, 0.4) is 0 Å². The van der Waals surface area contributed by atoms with Gasteiger partial charge in [-0.05, 0) is 38.5 Å². The lowest BCUT2D eigenvalue weighted by molar-refractivity contribution is 0.0504. The molecule has 0 aromatic heterocycles. The molecule has 6 nitrogen and oxygen atoms in total. The van der Waals surface area contributed by atoms with E-state index >= 15 is 0 Å². The predicted molar refractivity (Wildman–Crippen MR) is 86.4 cm³/mol. The van der Waals surface area contributed by atoms with E-state index in [-0.39, 0.29) is 6.54 Å². The van der Waals surface area contributed by atoms with Crippen LogP contribution in [-0.4, -0.2) is 32.9 Å². The number of nitrogens with one attached hydrogen (secondary N) is 2. The van der Waals surface area contributed by atoms with Crippen molar-refractivity contribution in [3.05, 3.63) is 34.9 Å². The molecule has 22 heavy (non-hydrogen) atoms. The van der Waals surface area contributed by atoms with Gasteiger partial charge in [0.1, 0.15) is 5.60 Å². The number of benzene rings is 1. The monoisotopic (exact) mass is 348 g/mol. The first kappa shape index (κ1) is 18.7. The number of sulfonamides is 1. The minimum absolute atomic E-state index is 0.00157. The Morgan fingerprint density at radius 2 is 2.00 bits per heavy atom. The number of carbonyl (C=O) groups is 1. The fraction of sp³-hybridized carbons (Fsp3) is 0.500. The van der Waals surface area contributed by atoms with Crippen molar-refractivity contribution in [3.63, 3.8) is 0 Å². The molecule has 0 aliphatic carbocycles. The summed E-state index contributed by atoms with van der Waals surface area (Å²) < 4.78 is 30.1. The number of halogens is 1. The van der Waals surface area contributed by atoms with Crippen molar-refractivity contribution in [2.75, 3.05) is 12.8 Å². The lowest BCUT2D eigenvalue weighted by atomic mass is 10.1. The van der Waals surface area contributed by atoms with Crippen molar-refractivity contribution in [2.24, 2.45) is 0 Å². The number of amides is 1. The van der Waals surface area contributed by atoms with Crippen molar-refractivity contribution in [1.29, 1.82) is 0 Å². The van der Waals surface area contributed by atoms with Crippen LogP contribution in [0.15, 0.2) is 24.3 Å². The van der Waals surface area contributed by atoms with Gasteiger partial charge in [0.2, 0.25) is 10.0 Å². The van der Waals surface area contributed by atoms with E-state index in [0.29, 0.717) is 10.6 Å². The van der Waals surface area contributed by atoms with Gasteiger partial charge in [-0.25, -0.2) is 17.9 Å². The summed E-state index contributed by atoms with van der Waals surface area (Å²) >= 11 is 5.94. The molecule has 0 radical (unpaired) electrons. The summed E-state index contributed by atoms with van der Waals surface area (Å²) in [6, 6.07) is 6.23. The van der Waals surface area contributed by atoms with Gasteiger partial charge in [-0.3, -0.25) is 0 Å². The van der Waals surface area contributed by atoms with Gasteiger partial charge < -0.3 is 10.1 Å². The Bertz CT molecular complexity index is 626. The summed E-state index contributed by atoms with van der Waals surface area (Å²) in [5.41, 5.74) is 0.0299. The van der Waals surface area contributed by atoms with Gasteiger partial charge >= 0.3 is 6.09 Å². The van der Waals surface area contributed by atoms with E-state index in [4.69, 9.17) is 16.3 Å². The first-order valence-electron chi connectivity index (χ1n) is 6.66. The SMILES string of the molecule is CC(C)(C)OC(=O)NC(CNS(C)(=O)=O)c1cccc(Cl)c1. The number of alkyl carbamates (subject to hydrolysis) is 1. The molecule has 2 N–H and O–H groups in total. The van der Waals surface area contributed by atoms with Crippen LogP contribution in [0.1, 0.15) is 32.4 Å². The third-order valence-electron chi connectivity index (χ3n) is 2.49. The van der Waals surface area contributed by atoms with Crippen LogP contribution in [0.2, 0.25) is 5.02 Å². The average Bonchev–Trinajstić information content (AvgIpc) is 2.31. The highest BCUT2D eigenvalue weighted by Gasteiger charge is 2.21. The lowest BCUT2D eigenvalue weighted by Gasteiger charge is -2.24. The minimum atomic E-state index is -3.38. The van der Waals surface area contributed by atoms with Gasteiger partial charge in [0.05, 0.1) is 12.3 Å². The van der Waals surface area contributed by atoms with Crippen LogP contribution in [0.5, 0.6) is 0 Å². The van der Waals surface area contributed by atoms with Crippen LogP contribution in [0.25, 0.3) is 0 Å². The van der Waals surface area contributed by atoms with Gasteiger partial charge in [0, 0.05) is 11.6 Å². The maximum absolute atomic E-state index is 11.9. The van der Waals surface area contributed by atoms with Gasteiger partial charge in [-0.15, -0.1) is 0 Å². The lowest BCUT2D eigenvalue weighted by Crippen LogP contribution is -2.40. The average molecular weight is 349 g/mol. The smallest absolute Gasteiger partial charge is 0.408 e. The number of hydrogen-bond acceptors (Lipinski definition) is 4. The molecule has 0 saturated carbocycles. The van der Waals surface area contributed by atoms with Gasteiger partial charge in [-0.1, -0.05) is 23.7 Å². The molecule has 0 bridgehead atoms. The zero-order valence-electron chi connectivity index (χ0n) is 13.0. The Kier molecular flexibility index (Phi) is 6.22. The summed E-state index contributed by atoms with van der Waals surface area (Å²) in [7, 11) is -3.38. The summed E-state index contributed by atoms with van der Waals surface area (Å²) in [6.07, 6.45) is 0.419. The van der Waals surface area contributed by atoms with E-state index in [1.54, 1.807) is 45.0 Å². The molecule has 0 spiro atoms. The number of rotatable bonds is 5. The minimum Gasteiger partial charge on any atom is -0.444 e. The Balaban J connectivity index is 2.89. The first-order chi connectivity index (χ1) is 9.96. The Labute approximate surface area is 136 Å². The summed E-state index contributed by atoms with van der Waals surface area (Å²) in [6.45, 7) is 5.24. The van der Waals surface area contributed by atoms with Gasteiger partial charge in [0.15, 0.2) is 0 Å². The maximum Gasteiger partial charge on any atom is 0.408 e. The van der Waals surface area contributed by atoms with E-state index < -0.39 is 27.8 Å². The van der Waals surface area contributed by atoms with Crippen molar-refractivity contribution in [1.82, 2.24) is 10.0 Å². The molecule has 0 heterocycles. The Morgan fingerprint density at radius 1 is 1.36 bits per heavy atom. The zero-order chi connectivity index (χ0) is 17.0.